The summed E-state index contributed by atoms with van der Waals surface area (Å²) in [6.45, 7) is 1.79. The second kappa shape index (κ2) is 6.72. The van der Waals surface area contributed by atoms with Crippen LogP contribution in [0.15, 0.2) is 41.0 Å². The predicted molar refractivity (Wildman–Crippen MR) is 82.3 cm³/mol. The molecule has 0 unspecified atom stereocenters. The Labute approximate surface area is 130 Å². The fourth-order valence-corrected chi connectivity index (χ4v) is 2.01. The first-order chi connectivity index (χ1) is 9.54. The first-order valence-electron chi connectivity index (χ1n) is 5.85. The summed E-state index contributed by atoms with van der Waals surface area (Å²) in [7, 11) is 0. The predicted octanol–water partition coefficient (Wildman–Crippen LogP) is 3.82. The van der Waals surface area contributed by atoms with Crippen LogP contribution in [0.1, 0.15) is 5.56 Å². The number of carbonyl (C=O) groups excluding carboxylic acids is 1. The van der Waals surface area contributed by atoms with Gasteiger partial charge in [-0.25, -0.2) is 4.98 Å². The van der Waals surface area contributed by atoms with Gasteiger partial charge in [-0.15, -0.1) is 0 Å². The Kier molecular flexibility index (Phi) is 4.98. The van der Waals surface area contributed by atoms with Crippen molar-refractivity contribution in [3.05, 3.63) is 51.6 Å². The van der Waals surface area contributed by atoms with Gasteiger partial charge in [-0.3, -0.25) is 4.79 Å². The first kappa shape index (κ1) is 14.8. The Morgan fingerprint density at radius 3 is 2.85 bits per heavy atom. The highest BCUT2D eigenvalue weighted by Gasteiger charge is 2.06. The smallest absolute Gasteiger partial charge is 0.263 e. The lowest BCUT2D eigenvalue weighted by molar-refractivity contribution is -0.118. The van der Waals surface area contributed by atoms with Crippen molar-refractivity contribution in [2.75, 3.05) is 11.9 Å². The second-order valence-corrected chi connectivity index (χ2v) is 5.46. The van der Waals surface area contributed by atoms with Crippen LogP contribution in [0.5, 0.6) is 5.75 Å². The zero-order valence-electron chi connectivity index (χ0n) is 10.7. The molecule has 1 aromatic carbocycles. The minimum absolute atomic E-state index is 0.0831. The molecule has 0 atom stereocenters. The van der Waals surface area contributed by atoms with Crippen LogP contribution in [-0.4, -0.2) is 17.5 Å². The summed E-state index contributed by atoms with van der Waals surface area (Å²) in [5.41, 5.74) is 0.882. The fraction of sp³-hybridized carbons (Fsp3) is 0.143. The van der Waals surface area contributed by atoms with Crippen LogP contribution in [0, 0.1) is 6.92 Å². The van der Waals surface area contributed by atoms with Gasteiger partial charge in [0.1, 0.15) is 11.6 Å². The van der Waals surface area contributed by atoms with E-state index in [1.165, 1.54) is 0 Å². The van der Waals surface area contributed by atoms with Gasteiger partial charge >= 0.3 is 0 Å². The Hall–Kier alpha value is -1.59. The number of nitrogens with zero attached hydrogens (tertiary/aromatic N) is 1. The number of aryl methyl sites for hydroxylation is 1. The summed E-state index contributed by atoms with van der Waals surface area (Å²) in [5.74, 6) is 0.845. The third-order valence-electron chi connectivity index (χ3n) is 2.49. The van der Waals surface area contributed by atoms with Crippen LogP contribution in [0.3, 0.4) is 0 Å². The Bertz CT molecular complexity index is 617. The zero-order chi connectivity index (χ0) is 14.5. The number of hydrogen-bond acceptors (Lipinski definition) is 3. The SMILES string of the molecule is Cc1cc(Cl)ccc1OCC(=O)Nc1ccc(Br)cn1. The van der Waals surface area contributed by atoms with Crippen LogP contribution in [0.25, 0.3) is 0 Å². The molecule has 0 aliphatic carbocycles. The molecule has 6 heteroatoms. The van der Waals surface area contributed by atoms with E-state index in [9.17, 15) is 4.79 Å². The number of nitrogens with one attached hydrogen (secondary N) is 1. The summed E-state index contributed by atoms with van der Waals surface area (Å²) in [6.07, 6.45) is 1.61. The fourth-order valence-electron chi connectivity index (χ4n) is 1.55. The molecule has 0 saturated heterocycles. The molecule has 4 nitrogen and oxygen atoms in total. The van der Waals surface area contributed by atoms with Crippen LogP contribution in [0.4, 0.5) is 5.82 Å². The Morgan fingerprint density at radius 1 is 1.40 bits per heavy atom. The van der Waals surface area contributed by atoms with E-state index in [4.69, 9.17) is 16.3 Å². The molecule has 0 spiro atoms. The van der Waals surface area contributed by atoms with E-state index in [1.54, 1.807) is 36.5 Å². The molecule has 0 bridgehead atoms. The van der Waals surface area contributed by atoms with Gasteiger partial charge in [-0.1, -0.05) is 11.6 Å². The number of pyridine rings is 1. The highest BCUT2D eigenvalue weighted by Crippen LogP contribution is 2.21. The van der Waals surface area contributed by atoms with Crippen LogP contribution in [-0.2, 0) is 4.79 Å². The van der Waals surface area contributed by atoms with Crippen molar-refractivity contribution in [3.63, 3.8) is 0 Å². The molecule has 2 aromatic rings. The topological polar surface area (TPSA) is 51.2 Å². The standard InChI is InChI=1S/C14H12BrClN2O2/c1-9-6-11(16)3-4-12(9)20-8-14(19)18-13-5-2-10(15)7-17-13/h2-7H,8H2,1H3,(H,17,18,19). The number of amides is 1. The summed E-state index contributed by atoms with van der Waals surface area (Å²) >= 11 is 9.13. The average molecular weight is 356 g/mol. The lowest BCUT2D eigenvalue weighted by atomic mass is 10.2. The van der Waals surface area contributed by atoms with Gasteiger partial charge in [0.05, 0.1) is 0 Å². The van der Waals surface area contributed by atoms with Gasteiger partial charge in [0.25, 0.3) is 5.91 Å². The molecule has 0 radical (unpaired) electrons. The number of ether oxygens (including phenoxy) is 1. The first-order valence-corrected chi connectivity index (χ1v) is 7.02. The summed E-state index contributed by atoms with van der Waals surface area (Å²) in [5, 5.41) is 3.29. The quantitative estimate of drug-likeness (QED) is 0.907. The molecule has 20 heavy (non-hydrogen) atoms. The third kappa shape index (κ3) is 4.21. The van der Waals surface area contributed by atoms with E-state index < -0.39 is 0 Å². The lowest BCUT2D eigenvalue weighted by Crippen LogP contribution is -2.20. The molecule has 1 amide bonds. The molecular formula is C14H12BrClN2O2. The lowest BCUT2D eigenvalue weighted by Gasteiger charge is -2.09. The summed E-state index contributed by atoms with van der Waals surface area (Å²) in [6, 6.07) is 8.74. The van der Waals surface area contributed by atoms with Crippen LogP contribution in [0.2, 0.25) is 5.02 Å². The number of halogens is 2. The molecular weight excluding hydrogens is 344 g/mol. The molecule has 2 rings (SSSR count). The average Bonchev–Trinajstić information content (AvgIpc) is 2.40. The van der Waals surface area contributed by atoms with Crippen LogP contribution < -0.4 is 10.1 Å². The number of carbonyl (C=O) groups is 1. The number of benzene rings is 1. The van der Waals surface area contributed by atoms with E-state index in [1.807, 2.05) is 6.92 Å². The van der Waals surface area contributed by atoms with E-state index in [-0.39, 0.29) is 12.5 Å². The number of rotatable bonds is 4. The maximum atomic E-state index is 11.7. The van der Waals surface area contributed by atoms with E-state index in [2.05, 4.69) is 26.2 Å². The van der Waals surface area contributed by atoms with Gasteiger partial charge in [0.15, 0.2) is 6.61 Å². The molecule has 1 N–H and O–H groups in total. The molecule has 0 aliphatic rings. The van der Waals surface area contributed by atoms with E-state index >= 15 is 0 Å². The molecule has 0 fully saturated rings. The van der Waals surface area contributed by atoms with E-state index in [0.717, 1.165) is 10.0 Å². The maximum absolute atomic E-state index is 11.7. The molecule has 1 heterocycles. The molecule has 0 saturated carbocycles. The molecule has 104 valence electrons. The molecule has 0 aliphatic heterocycles. The molecule has 1 aromatic heterocycles. The van der Waals surface area contributed by atoms with Crippen molar-refractivity contribution in [1.29, 1.82) is 0 Å². The van der Waals surface area contributed by atoms with Crippen molar-refractivity contribution in [3.8, 4) is 5.75 Å². The van der Waals surface area contributed by atoms with Crippen molar-refractivity contribution in [2.45, 2.75) is 6.92 Å². The largest absolute Gasteiger partial charge is 0.483 e. The van der Waals surface area contributed by atoms with Crippen molar-refractivity contribution < 1.29 is 9.53 Å². The maximum Gasteiger partial charge on any atom is 0.263 e. The normalized spacial score (nSPS) is 10.2. The van der Waals surface area contributed by atoms with E-state index in [0.29, 0.717) is 16.6 Å². The van der Waals surface area contributed by atoms with Crippen molar-refractivity contribution in [2.24, 2.45) is 0 Å². The number of hydrogen-bond donors (Lipinski definition) is 1. The van der Waals surface area contributed by atoms with Gasteiger partial charge in [0, 0.05) is 15.7 Å². The van der Waals surface area contributed by atoms with Crippen molar-refractivity contribution >= 4 is 39.3 Å². The minimum atomic E-state index is -0.269. The van der Waals surface area contributed by atoms with Gasteiger partial charge in [-0.2, -0.15) is 0 Å². The number of aromatic nitrogens is 1. The van der Waals surface area contributed by atoms with Crippen molar-refractivity contribution in [1.82, 2.24) is 4.98 Å². The van der Waals surface area contributed by atoms with Crippen LogP contribution >= 0.6 is 27.5 Å². The second-order valence-electron chi connectivity index (χ2n) is 4.11. The highest BCUT2D eigenvalue weighted by molar-refractivity contribution is 9.10. The third-order valence-corrected chi connectivity index (χ3v) is 3.19. The Morgan fingerprint density at radius 2 is 2.20 bits per heavy atom. The Balaban J connectivity index is 1.90. The number of anilines is 1. The van der Waals surface area contributed by atoms with Gasteiger partial charge < -0.3 is 10.1 Å². The van der Waals surface area contributed by atoms with Gasteiger partial charge in [0.2, 0.25) is 0 Å². The zero-order valence-corrected chi connectivity index (χ0v) is 13.0. The summed E-state index contributed by atoms with van der Waals surface area (Å²) in [4.78, 5) is 15.8. The highest BCUT2D eigenvalue weighted by atomic mass is 79.9. The minimum Gasteiger partial charge on any atom is -0.483 e. The monoisotopic (exact) mass is 354 g/mol. The summed E-state index contributed by atoms with van der Waals surface area (Å²) < 4.78 is 6.29. The van der Waals surface area contributed by atoms with Gasteiger partial charge in [-0.05, 0) is 58.7 Å².